The molecule has 34 heavy (non-hydrogen) atoms. The third kappa shape index (κ3) is 5.24. The largest absolute Gasteiger partial charge is 0.454 e. The highest BCUT2D eigenvalue weighted by atomic mass is 32.1. The molecule has 1 aromatic heterocycles. The summed E-state index contributed by atoms with van der Waals surface area (Å²) in [5, 5.41) is 26.3. The lowest BCUT2D eigenvalue weighted by atomic mass is 9.98. The molecule has 2 heterocycles. The van der Waals surface area contributed by atoms with Gasteiger partial charge in [0.2, 0.25) is 17.8 Å². The quantitative estimate of drug-likeness (QED) is 0.467. The van der Waals surface area contributed by atoms with Gasteiger partial charge in [0.15, 0.2) is 11.5 Å². The minimum absolute atomic E-state index is 0.141. The topological polar surface area (TPSA) is 138 Å². The van der Waals surface area contributed by atoms with E-state index in [0.29, 0.717) is 39.3 Å². The number of nitrogens with one attached hydrogen (secondary N) is 3. The molecule has 0 saturated carbocycles. The molecule has 10 nitrogen and oxygen atoms in total. The number of urea groups is 1. The summed E-state index contributed by atoms with van der Waals surface area (Å²) in [4.78, 5) is 25.6. The summed E-state index contributed by atoms with van der Waals surface area (Å²) < 4.78 is 10.7. The standard InChI is InChI=1S/C23H22N6O4S/c1-3-13(2)19(26-22(31)25-16-6-4-5-14(9-16)11-24)20(30)27-23-29-28-21(34-23)15-7-8-17-18(10-15)33-12-32-17/h4-10,13,19H,3,12H2,1-2H3,(H2,25,26,31)(H,27,29,30). The molecule has 1 aliphatic heterocycles. The van der Waals surface area contributed by atoms with Crippen molar-refractivity contribution < 1.29 is 19.1 Å². The average Bonchev–Trinajstić information content (AvgIpc) is 3.51. The molecule has 4 rings (SSSR count). The van der Waals surface area contributed by atoms with Crippen molar-refractivity contribution in [2.45, 2.75) is 26.3 Å². The van der Waals surface area contributed by atoms with Crippen molar-refractivity contribution in [1.82, 2.24) is 15.5 Å². The van der Waals surface area contributed by atoms with Gasteiger partial charge in [0, 0.05) is 11.3 Å². The number of nitriles is 1. The molecule has 0 spiro atoms. The fourth-order valence-electron chi connectivity index (χ4n) is 3.28. The van der Waals surface area contributed by atoms with Gasteiger partial charge in [-0.25, -0.2) is 4.79 Å². The highest BCUT2D eigenvalue weighted by Gasteiger charge is 2.27. The van der Waals surface area contributed by atoms with Crippen LogP contribution in [0.15, 0.2) is 42.5 Å². The second kappa shape index (κ2) is 10.2. The molecule has 1 aliphatic rings. The van der Waals surface area contributed by atoms with E-state index in [9.17, 15) is 9.59 Å². The molecule has 2 aromatic carbocycles. The van der Waals surface area contributed by atoms with E-state index in [1.807, 2.05) is 32.0 Å². The second-order valence-electron chi connectivity index (χ2n) is 7.62. The number of carbonyl (C=O) groups is 2. The predicted octanol–water partition coefficient (Wildman–Crippen LogP) is 3.98. The Balaban J connectivity index is 1.42. The lowest BCUT2D eigenvalue weighted by Gasteiger charge is -2.23. The van der Waals surface area contributed by atoms with Crippen LogP contribution >= 0.6 is 11.3 Å². The number of hydrogen-bond acceptors (Lipinski definition) is 8. The van der Waals surface area contributed by atoms with Crippen molar-refractivity contribution in [2.75, 3.05) is 17.4 Å². The van der Waals surface area contributed by atoms with Crippen LogP contribution in [-0.4, -0.2) is 35.0 Å². The van der Waals surface area contributed by atoms with E-state index in [4.69, 9.17) is 14.7 Å². The molecule has 11 heteroatoms. The number of hydrogen-bond donors (Lipinski definition) is 3. The van der Waals surface area contributed by atoms with E-state index in [-0.39, 0.29) is 12.7 Å². The van der Waals surface area contributed by atoms with Gasteiger partial charge < -0.3 is 20.1 Å². The monoisotopic (exact) mass is 478 g/mol. The van der Waals surface area contributed by atoms with Crippen LogP contribution in [0.3, 0.4) is 0 Å². The third-order valence-electron chi connectivity index (χ3n) is 5.31. The Kier molecular flexibility index (Phi) is 6.89. The Labute approximate surface area is 199 Å². The highest BCUT2D eigenvalue weighted by Crippen LogP contribution is 2.37. The fourth-order valence-corrected chi connectivity index (χ4v) is 4.02. The minimum atomic E-state index is -0.804. The van der Waals surface area contributed by atoms with Crippen molar-refractivity contribution in [2.24, 2.45) is 5.92 Å². The first kappa shape index (κ1) is 23.0. The Morgan fingerprint density at radius 3 is 2.76 bits per heavy atom. The Bertz CT molecular complexity index is 1250. The molecule has 0 bridgehead atoms. The molecule has 174 valence electrons. The number of nitrogens with zero attached hydrogens (tertiary/aromatic N) is 3. The van der Waals surface area contributed by atoms with Crippen molar-refractivity contribution in [1.29, 1.82) is 5.26 Å². The molecule has 2 unspecified atom stereocenters. The van der Waals surface area contributed by atoms with Gasteiger partial charge >= 0.3 is 6.03 Å². The molecule has 3 amide bonds. The zero-order chi connectivity index (χ0) is 24.1. The van der Waals surface area contributed by atoms with Gasteiger partial charge in [-0.05, 0) is 42.3 Å². The van der Waals surface area contributed by atoms with Crippen LogP contribution in [0.2, 0.25) is 0 Å². The molecule has 0 fully saturated rings. The van der Waals surface area contributed by atoms with E-state index >= 15 is 0 Å². The van der Waals surface area contributed by atoms with Crippen molar-refractivity contribution in [3.05, 3.63) is 48.0 Å². The Morgan fingerprint density at radius 1 is 1.15 bits per heavy atom. The first-order chi connectivity index (χ1) is 16.5. The molecule has 0 saturated heterocycles. The van der Waals surface area contributed by atoms with Gasteiger partial charge in [-0.3, -0.25) is 10.1 Å². The number of rotatable bonds is 7. The number of benzene rings is 2. The van der Waals surface area contributed by atoms with Crippen LogP contribution in [0.5, 0.6) is 11.5 Å². The number of amides is 3. The first-order valence-corrected chi connectivity index (χ1v) is 11.4. The maximum absolute atomic E-state index is 13.0. The molecule has 0 radical (unpaired) electrons. The van der Waals surface area contributed by atoms with E-state index in [0.717, 1.165) is 5.56 Å². The maximum atomic E-state index is 13.0. The van der Waals surface area contributed by atoms with Crippen LogP contribution in [0.4, 0.5) is 15.6 Å². The van der Waals surface area contributed by atoms with Gasteiger partial charge in [0.05, 0.1) is 11.6 Å². The summed E-state index contributed by atoms with van der Waals surface area (Å²) in [6.07, 6.45) is 0.668. The first-order valence-electron chi connectivity index (χ1n) is 10.6. The minimum Gasteiger partial charge on any atom is -0.454 e. The van der Waals surface area contributed by atoms with E-state index in [2.05, 4.69) is 26.1 Å². The summed E-state index contributed by atoms with van der Waals surface area (Å²) in [5.41, 5.74) is 1.67. The molecular formula is C23H22N6O4S. The summed E-state index contributed by atoms with van der Waals surface area (Å²) in [6.45, 7) is 3.99. The molecule has 3 N–H and O–H groups in total. The zero-order valence-corrected chi connectivity index (χ0v) is 19.3. The van der Waals surface area contributed by atoms with Gasteiger partial charge in [-0.15, -0.1) is 10.2 Å². The SMILES string of the molecule is CCC(C)C(NC(=O)Nc1cccc(C#N)c1)C(=O)Nc1nnc(-c2ccc3c(c2)OCO3)s1. The normalized spacial score (nSPS) is 13.4. The van der Waals surface area contributed by atoms with E-state index in [1.165, 1.54) is 11.3 Å². The zero-order valence-electron chi connectivity index (χ0n) is 18.5. The smallest absolute Gasteiger partial charge is 0.319 e. The van der Waals surface area contributed by atoms with Crippen molar-refractivity contribution in [3.63, 3.8) is 0 Å². The van der Waals surface area contributed by atoms with Crippen LogP contribution in [0.25, 0.3) is 10.6 Å². The van der Waals surface area contributed by atoms with Crippen molar-refractivity contribution >= 4 is 34.1 Å². The van der Waals surface area contributed by atoms with Crippen LogP contribution in [-0.2, 0) is 4.79 Å². The van der Waals surface area contributed by atoms with Crippen LogP contribution in [0, 0.1) is 17.2 Å². The number of carbonyl (C=O) groups excluding carboxylic acids is 2. The van der Waals surface area contributed by atoms with Crippen LogP contribution in [0.1, 0.15) is 25.8 Å². The van der Waals surface area contributed by atoms with Crippen molar-refractivity contribution in [3.8, 4) is 28.1 Å². The van der Waals surface area contributed by atoms with Gasteiger partial charge in [-0.1, -0.05) is 37.7 Å². The number of anilines is 2. The number of ether oxygens (including phenoxy) is 2. The second-order valence-corrected chi connectivity index (χ2v) is 8.60. The predicted molar refractivity (Wildman–Crippen MR) is 127 cm³/mol. The van der Waals surface area contributed by atoms with Gasteiger partial charge in [0.1, 0.15) is 11.0 Å². The summed E-state index contributed by atoms with van der Waals surface area (Å²) in [5.74, 6) is 0.758. The summed E-state index contributed by atoms with van der Waals surface area (Å²) in [7, 11) is 0. The third-order valence-corrected chi connectivity index (χ3v) is 6.19. The summed E-state index contributed by atoms with van der Waals surface area (Å²) >= 11 is 1.21. The molecule has 2 atom stereocenters. The lowest BCUT2D eigenvalue weighted by Crippen LogP contribution is -2.49. The molecular weight excluding hydrogens is 456 g/mol. The van der Waals surface area contributed by atoms with Gasteiger partial charge in [-0.2, -0.15) is 5.26 Å². The number of fused-ring (bicyclic) bond motifs is 1. The maximum Gasteiger partial charge on any atom is 0.319 e. The lowest BCUT2D eigenvalue weighted by molar-refractivity contribution is -0.119. The van der Waals surface area contributed by atoms with Crippen LogP contribution < -0.4 is 25.4 Å². The summed E-state index contributed by atoms with van der Waals surface area (Å²) in [6, 6.07) is 12.6. The molecule has 0 aliphatic carbocycles. The van der Waals surface area contributed by atoms with E-state index < -0.39 is 18.0 Å². The fraction of sp³-hybridized carbons (Fsp3) is 0.261. The average molecular weight is 479 g/mol. The Hall–Kier alpha value is -4.17. The van der Waals surface area contributed by atoms with Gasteiger partial charge in [0.25, 0.3) is 0 Å². The highest BCUT2D eigenvalue weighted by molar-refractivity contribution is 7.18. The number of aromatic nitrogens is 2. The van der Waals surface area contributed by atoms with E-state index in [1.54, 1.807) is 30.3 Å². The Morgan fingerprint density at radius 2 is 1.97 bits per heavy atom. The molecule has 3 aromatic rings.